The minimum absolute atomic E-state index is 0.449. The normalized spacial score (nSPS) is 11.6. The molecule has 25 heavy (non-hydrogen) atoms. The van der Waals surface area contributed by atoms with Crippen LogP contribution in [0.15, 0.2) is 36.8 Å². The fourth-order valence-electron chi connectivity index (χ4n) is 3.16. The Morgan fingerprint density at radius 3 is 2.92 bits per heavy atom. The number of hydrogen-bond acceptors (Lipinski definition) is 5. The molecule has 0 saturated carbocycles. The first-order valence-corrected chi connectivity index (χ1v) is 8.20. The van der Waals surface area contributed by atoms with Crippen LogP contribution >= 0.6 is 0 Å². The molecule has 0 unspecified atom stereocenters. The van der Waals surface area contributed by atoms with Gasteiger partial charge in [0.2, 0.25) is 0 Å². The smallest absolute Gasteiger partial charge is 0.163 e. The summed E-state index contributed by atoms with van der Waals surface area (Å²) in [5.41, 5.74) is 9.87. The Morgan fingerprint density at radius 1 is 1.20 bits per heavy atom. The van der Waals surface area contributed by atoms with E-state index in [1.807, 2.05) is 17.9 Å². The molecule has 4 aromatic rings. The number of aryl methyl sites for hydroxylation is 2. The van der Waals surface area contributed by atoms with Crippen molar-refractivity contribution in [2.75, 3.05) is 19.5 Å². The molecule has 0 aliphatic carbocycles. The van der Waals surface area contributed by atoms with E-state index in [1.54, 1.807) is 7.11 Å². The van der Waals surface area contributed by atoms with Crippen LogP contribution in [0.2, 0.25) is 0 Å². The lowest BCUT2D eigenvalue weighted by atomic mass is 10.1. The molecule has 1 aromatic carbocycles. The van der Waals surface area contributed by atoms with Gasteiger partial charge in [0.1, 0.15) is 17.8 Å². The maximum absolute atomic E-state index is 6.15. The highest BCUT2D eigenvalue weighted by atomic mass is 16.5. The molecule has 2 N–H and O–H groups in total. The second-order valence-electron chi connectivity index (χ2n) is 6.08. The molecular formula is C18H20N6O. The Balaban J connectivity index is 1.88. The minimum Gasteiger partial charge on any atom is -0.385 e. The van der Waals surface area contributed by atoms with E-state index >= 15 is 0 Å². The van der Waals surface area contributed by atoms with Gasteiger partial charge in [-0.3, -0.25) is 0 Å². The summed E-state index contributed by atoms with van der Waals surface area (Å²) in [5.74, 6) is 0.449. The lowest BCUT2D eigenvalue weighted by Gasteiger charge is -2.02. The number of benzene rings is 1. The molecule has 0 atom stereocenters. The van der Waals surface area contributed by atoms with Gasteiger partial charge in [-0.15, -0.1) is 0 Å². The zero-order valence-electron chi connectivity index (χ0n) is 14.3. The van der Waals surface area contributed by atoms with Gasteiger partial charge in [0.15, 0.2) is 5.65 Å². The molecule has 3 aromatic heterocycles. The molecule has 3 heterocycles. The number of aromatic nitrogens is 5. The fraction of sp³-hybridized carbons (Fsp3) is 0.278. The average Bonchev–Trinajstić information content (AvgIpc) is 3.17. The highest BCUT2D eigenvalue weighted by molar-refractivity contribution is 5.99. The quantitative estimate of drug-likeness (QED) is 0.566. The van der Waals surface area contributed by atoms with E-state index in [0.29, 0.717) is 19.0 Å². The molecule has 7 nitrogen and oxygen atoms in total. The number of ether oxygens (including phenoxy) is 1. The number of nitrogens with two attached hydrogens (primary N) is 1. The summed E-state index contributed by atoms with van der Waals surface area (Å²) >= 11 is 0. The molecule has 0 saturated heterocycles. The van der Waals surface area contributed by atoms with Crippen LogP contribution in [-0.2, 0) is 18.3 Å². The van der Waals surface area contributed by atoms with Crippen molar-refractivity contribution in [3.8, 4) is 11.3 Å². The summed E-state index contributed by atoms with van der Waals surface area (Å²) in [4.78, 5) is 8.56. The van der Waals surface area contributed by atoms with Gasteiger partial charge < -0.3 is 15.0 Å². The zero-order valence-corrected chi connectivity index (χ0v) is 14.3. The van der Waals surface area contributed by atoms with Crippen molar-refractivity contribution in [3.63, 3.8) is 0 Å². The fourth-order valence-corrected chi connectivity index (χ4v) is 3.16. The van der Waals surface area contributed by atoms with Gasteiger partial charge in [-0.05, 0) is 23.9 Å². The van der Waals surface area contributed by atoms with Crippen molar-refractivity contribution in [3.05, 3.63) is 36.8 Å². The first-order valence-electron chi connectivity index (χ1n) is 8.20. The predicted molar refractivity (Wildman–Crippen MR) is 98.1 cm³/mol. The van der Waals surface area contributed by atoms with Crippen LogP contribution in [-0.4, -0.2) is 38.0 Å². The van der Waals surface area contributed by atoms with E-state index in [-0.39, 0.29) is 0 Å². The predicted octanol–water partition coefficient (Wildman–Crippen LogP) is 2.60. The van der Waals surface area contributed by atoms with Crippen LogP contribution in [0.25, 0.3) is 33.2 Å². The average molecular weight is 336 g/mol. The van der Waals surface area contributed by atoms with E-state index in [0.717, 1.165) is 34.2 Å². The summed E-state index contributed by atoms with van der Waals surface area (Å²) in [5, 5.41) is 6.78. The summed E-state index contributed by atoms with van der Waals surface area (Å²) in [6.07, 6.45) is 4.39. The molecule has 0 radical (unpaired) electrons. The second-order valence-corrected chi connectivity index (χ2v) is 6.08. The first kappa shape index (κ1) is 15.6. The highest BCUT2D eigenvalue weighted by Crippen LogP contribution is 2.32. The van der Waals surface area contributed by atoms with Crippen LogP contribution in [0.3, 0.4) is 0 Å². The van der Waals surface area contributed by atoms with Crippen LogP contribution in [0, 0.1) is 0 Å². The third-order valence-corrected chi connectivity index (χ3v) is 4.44. The number of nitrogens with zero attached hydrogens (tertiary/aromatic N) is 5. The van der Waals surface area contributed by atoms with Crippen molar-refractivity contribution < 1.29 is 4.74 Å². The van der Waals surface area contributed by atoms with Crippen LogP contribution < -0.4 is 5.73 Å². The van der Waals surface area contributed by atoms with E-state index < -0.39 is 0 Å². The topological polar surface area (TPSA) is 83.8 Å². The Hall–Kier alpha value is -2.93. The third kappa shape index (κ3) is 2.62. The summed E-state index contributed by atoms with van der Waals surface area (Å²) in [6.45, 7) is 1.39. The molecule has 0 aliphatic rings. The number of fused-ring (bicyclic) bond motifs is 2. The highest BCUT2D eigenvalue weighted by Gasteiger charge is 2.17. The van der Waals surface area contributed by atoms with Crippen molar-refractivity contribution in [1.29, 1.82) is 0 Å². The number of anilines is 1. The lowest BCUT2D eigenvalue weighted by Crippen LogP contribution is -2.04. The van der Waals surface area contributed by atoms with Crippen molar-refractivity contribution in [2.24, 2.45) is 7.05 Å². The molecular weight excluding hydrogens is 316 g/mol. The van der Waals surface area contributed by atoms with E-state index in [1.165, 1.54) is 11.7 Å². The summed E-state index contributed by atoms with van der Waals surface area (Å²) in [6, 6.07) is 8.39. The zero-order chi connectivity index (χ0) is 17.4. The Morgan fingerprint density at radius 2 is 2.08 bits per heavy atom. The van der Waals surface area contributed by atoms with Gasteiger partial charge in [0.05, 0.1) is 5.39 Å². The molecule has 0 fully saturated rings. The van der Waals surface area contributed by atoms with Crippen molar-refractivity contribution >= 4 is 27.8 Å². The van der Waals surface area contributed by atoms with Crippen LogP contribution in [0.4, 0.5) is 5.82 Å². The molecule has 0 spiro atoms. The first-order chi connectivity index (χ1) is 12.2. The van der Waals surface area contributed by atoms with Crippen molar-refractivity contribution in [1.82, 2.24) is 24.3 Å². The van der Waals surface area contributed by atoms with Crippen LogP contribution in [0.1, 0.15) is 6.42 Å². The Labute approximate surface area is 145 Å². The Kier molecular flexibility index (Phi) is 3.85. The summed E-state index contributed by atoms with van der Waals surface area (Å²) < 4.78 is 9.12. The van der Waals surface area contributed by atoms with E-state index in [4.69, 9.17) is 15.6 Å². The van der Waals surface area contributed by atoms with Gasteiger partial charge in [-0.25, -0.2) is 14.6 Å². The molecule has 128 valence electrons. The monoisotopic (exact) mass is 336 g/mol. The number of nitrogen functional groups attached to an aromatic ring is 1. The number of hydrogen-bond donors (Lipinski definition) is 1. The number of rotatable bonds is 5. The summed E-state index contributed by atoms with van der Waals surface area (Å²) in [7, 11) is 3.73. The Bertz CT molecular complexity index is 1050. The van der Waals surface area contributed by atoms with E-state index in [2.05, 4.69) is 38.8 Å². The second kappa shape index (κ2) is 6.18. The maximum atomic E-state index is 6.15. The molecule has 0 aliphatic heterocycles. The standard InChI is InChI=1S/C18H20N6O/c1-23-8-6-12-4-5-13(10-14(12)23)16-15-17(19)20-11-21-18(15)24(22-16)7-3-9-25-2/h4-6,8,10-11H,3,7,9H2,1-2H3,(H2,19,20,21). The van der Waals surface area contributed by atoms with Gasteiger partial charge in [0, 0.05) is 44.6 Å². The van der Waals surface area contributed by atoms with Gasteiger partial charge in [-0.1, -0.05) is 12.1 Å². The molecule has 7 heteroatoms. The molecule has 4 rings (SSSR count). The van der Waals surface area contributed by atoms with Gasteiger partial charge >= 0.3 is 0 Å². The van der Waals surface area contributed by atoms with Crippen molar-refractivity contribution in [2.45, 2.75) is 13.0 Å². The van der Waals surface area contributed by atoms with Gasteiger partial charge in [-0.2, -0.15) is 5.10 Å². The molecule has 0 amide bonds. The van der Waals surface area contributed by atoms with Crippen LogP contribution in [0.5, 0.6) is 0 Å². The van der Waals surface area contributed by atoms with E-state index in [9.17, 15) is 0 Å². The van der Waals surface area contributed by atoms with Gasteiger partial charge in [0.25, 0.3) is 0 Å². The third-order valence-electron chi connectivity index (χ3n) is 4.44. The SMILES string of the molecule is COCCCn1nc(-c2ccc3ccn(C)c3c2)c2c(N)ncnc21. The minimum atomic E-state index is 0.449. The maximum Gasteiger partial charge on any atom is 0.163 e. The lowest BCUT2D eigenvalue weighted by molar-refractivity contribution is 0.189. The largest absolute Gasteiger partial charge is 0.385 e. The number of methoxy groups -OCH3 is 1. The molecule has 0 bridgehead atoms.